The molecule has 3 unspecified atom stereocenters. The molecule has 0 fully saturated rings. The Morgan fingerprint density at radius 1 is 0.788 bits per heavy atom. The van der Waals surface area contributed by atoms with Gasteiger partial charge in [-0.1, -0.05) is 139 Å². The molecule has 0 aliphatic carbocycles. The third kappa shape index (κ3) is 10.6. The zero-order valence-electron chi connectivity index (χ0n) is 23.8. The van der Waals surface area contributed by atoms with Gasteiger partial charge in [-0.3, -0.25) is 0 Å². The third-order valence-corrected chi connectivity index (χ3v) is 13.5. The van der Waals surface area contributed by atoms with Crippen LogP contribution in [0.2, 0.25) is 0 Å². The van der Waals surface area contributed by atoms with Gasteiger partial charge in [-0.25, -0.2) is 0 Å². The monoisotopic (exact) mass is 494 g/mol. The molecule has 0 saturated carbocycles. The Balaban J connectivity index is 3.39. The zero-order chi connectivity index (χ0) is 25.3. The van der Waals surface area contributed by atoms with E-state index in [9.17, 15) is 4.57 Å². The van der Waals surface area contributed by atoms with Crippen molar-refractivity contribution in [3.63, 3.8) is 0 Å². The molecule has 1 aromatic rings. The molecule has 192 valence electrons. The lowest BCUT2D eigenvalue weighted by atomic mass is 9.81. The molecule has 3 atom stereocenters. The molecule has 33 heavy (non-hydrogen) atoms. The smallest absolute Gasteiger partial charge is 0.109 e. The van der Waals surface area contributed by atoms with Crippen LogP contribution in [0.1, 0.15) is 132 Å². The number of benzene rings is 1. The fourth-order valence-electron chi connectivity index (χ4n) is 4.78. The first kappa shape index (κ1) is 30.9. The van der Waals surface area contributed by atoms with E-state index in [0.717, 1.165) is 25.2 Å². The SMILES string of the molecule is CCCCC(CC)CP(=O)(CC(CC)CCCC)Pc1ccc(C(C)(C)C)cc1C(C)(C)C. The van der Waals surface area contributed by atoms with Crippen molar-refractivity contribution in [2.45, 2.75) is 131 Å². The zero-order valence-corrected chi connectivity index (χ0v) is 25.7. The Bertz CT molecular complexity index is 717. The lowest BCUT2D eigenvalue weighted by Gasteiger charge is -2.31. The molecule has 0 bridgehead atoms. The molecule has 0 heterocycles. The molecule has 0 saturated heterocycles. The molecule has 0 aliphatic rings. The molecule has 1 aromatic carbocycles. The lowest BCUT2D eigenvalue weighted by Crippen LogP contribution is -2.23. The van der Waals surface area contributed by atoms with Gasteiger partial charge in [-0.15, -0.1) is 0 Å². The molecule has 0 N–H and O–H groups in total. The predicted octanol–water partition coefficient (Wildman–Crippen LogP) is 10.3. The van der Waals surface area contributed by atoms with Crippen LogP contribution in [-0.4, -0.2) is 12.3 Å². The highest BCUT2D eigenvalue weighted by atomic mass is 32.1. The van der Waals surface area contributed by atoms with Crippen molar-refractivity contribution in [3.8, 4) is 0 Å². The lowest BCUT2D eigenvalue weighted by molar-refractivity contribution is 0.468. The molecule has 0 spiro atoms. The van der Waals surface area contributed by atoms with E-state index in [1.54, 1.807) is 0 Å². The summed E-state index contributed by atoms with van der Waals surface area (Å²) in [6.45, 7) is 20.7. The number of hydrogen-bond donors (Lipinski definition) is 0. The van der Waals surface area contributed by atoms with Gasteiger partial charge in [0.2, 0.25) is 0 Å². The van der Waals surface area contributed by atoms with Crippen molar-refractivity contribution in [2.75, 3.05) is 12.3 Å². The largest absolute Gasteiger partial charge is 0.319 e. The van der Waals surface area contributed by atoms with Crippen LogP contribution in [0.25, 0.3) is 0 Å². The summed E-state index contributed by atoms with van der Waals surface area (Å²) in [6.07, 6.45) is 11.7. The van der Waals surface area contributed by atoms with Crippen LogP contribution >= 0.6 is 15.1 Å². The molecular formula is C30H56OP2. The fraction of sp³-hybridized carbons (Fsp3) is 0.800. The second-order valence-electron chi connectivity index (χ2n) is 12.5. The van der Waals surface area contributed by atoms with E-state index in [0.29, 0.717) is 20.1 Å². The first-order chi connectivity index (χ1) is 15.3. The molecular weight excluding hydrogens is 438 g/mol. The first-order valence-corrected chi connectivity index (χ1v) is 17.7. The van der Waals surface area contributed by atoms with Gasteiger partial charge in [0.25, 0.3) is 0 Å². The molecule has 1 nitrogen and oxygen atoms in total. The quantitative estimate of drug-likeness (QED) is 0.235. The normalized spacial score (nSPS) is 16.8. The van der Waals surface area contributed by atoms with Crippen molar-refractivity contribution in [1.29, 1.82) is 0 Å². The van der Waals surface area contributed by atoms with Gasteiger partial charge >= 0.3 is 0 Å². The summed E-state index contributed by atoms with van der Waals surface area (Å²) in [7, 11) is 0.458. The number of unbranched alkanes of at least 4 members (excludes halogenated alkanes) is 2. The Morgan fingerprint density at radius 2 is 1.27 bits per heavy atom. The number of hydrogen-bond acceptors (Lipinski definition) is 1. The van der Waals surface area contributed by atoms with E-state index in [1.165, 1.54) is 55.0 Å². The van der Waals surface area contributed by atoms with E-state index in [4.69, 9.17) is 0 Å². The second kappa shape index (κ2) is 13.8. The van der Waals surface area contributed by atoms with E-state index < -0.39 is 6.83 Å². The van der Waals surface area contributed by atoms with Crippen molar-refractivity contribution in [2.24, 2.45) is 11.8 Å². The van der Waals surface area contributed by atoms with Crippen LogP contribution in [0, 0.1) is 11.8 Å². The van der Waals surface area contributed by atoms with Crippen LogP contribution in [0.5, 0.6) is 0 Å². The van der Waals surface area contributed by atoms with E-state index in [2.05, 4.69) is 87.4 Å². The van der Waals surface area contributed by atoms with E-state index in [-0.39, 0.29) is 10.8 Å². The van der Waals surface area contributed by atoms with E-state index >= 15 is 0 Å². The fourth-order valence-corrected chi connectivity index (χ4v) is 12.8. The van der Waals surface area contributed by atoms with E-state index in [1.807, 2.05) is 0 Å². The maximum absolute atomic E-state index is 14.8. The standard InChI is InChI=1S/C30H56OP2/c1-11-15-17-24(13-3)22-33(31,23-25(14-4)18-16-12-2)32-28-20-19-26(29(5,6)7)21-27(28)30(8,9)10/h19-21,24-25,32H,11-18,22-23H2,1-10H3. The van der Waals surface area contributed by atoms with Crippen LogP contribution in [0.4, 0.5) is 0 Å². The minimum absolute atomic E-state index is 0.0627. The summed E-state index contributed by atoms with van der Waals surface area (Å²) < 4.78 is 14.8. The Morgan fingerprint density at radius 3 is 1.64 bits per heavy atom. The van der Waals surface area contributed by atoms with Crippen LogP contribution in [0.3, 0.4) is 0 Å². The van der Waals surface area contributed by atoms with Gasteiger partial charge in [0.1, 0.15) is 6.83 Å². The van der Waals surface area contributed by atoms with Gasteiger partial charge in [0, 0.05) is 12.3 Å². The van der Waals surface area contributed by atoms with Crippen molar-refractivity contribution in [3.05, 3.63) is 29.3 Å². The van der Waals surface area contributed by atoms with Crippen LogP contribution < -0.4 is 5.30 Å². The predicted molar refractivity (Wildman–Crippen MR) is 156 cm³/mol. The first-order valence-electron chi connectivity index (χ1n) is 13.8. The summed E-state index contributed by atoms with van der Waals surface area (Å²) in [6, 6.07) is 7.08. The minimum atomic E-state index is -2.29. The van der Waals surface area contributed by atoms with Crippen LogP contribution in [0.15, 0.2) is 18.2 Å². The summed E-state index contributed by atoms with van der Waals surface area (Å²) in [4.78, 5) is 0. The Kier molecular flexibility index (Phi) is 13.0. The molecule has 0 aromatic heterocycles. The highest BCUT2D eigenvalue weighted by molar-refractivity contribution is 8.27. The molecule has 1 rings (SSSR count). The second-order valence-corrected chi connectivity index (χ2v) is 18.8. The van der Waals surface area contributed by atoms with Crippen LogP contribution in [-0.2, 0) is 15.4 Å². The summed E-state index contributed by atoms with van der Waals surface area (Å²) in [5, 5.41) is 1.37. The highest BCUT2D eigenvalue weighted by Crippen LogP contribution is 2.66. The van der Waals surface area contributed by atoms with Gasteiger partial charge in [-0.05, 0) is 47.4 Å². The van der Waals surface area contributed by atoms with Gasteiger partial charge < -0.3 is 4.57 Å². The minimum Gasteiger partial charge on any atom is -0.319 e. The molecule has 0 amide bonds. The summed E-state index contributed by atoms with van der Waals surface area (Å²) >= 11 is 0. The average molecular weight is 495 g/mol. The highest BCUT2D eigenvalue weighted by Gasteiger charge is 2.32. The third-order valence-electron chi connectivity index (χ3n) is 7.21. The maximum Gasteiger partial charge on any atom is 0.109 e. The van der Waals surface area contributed by atoms with Crippen molar-refractivity contribution >= 4 is 20.4 Å². The molecule has 3 heteroatoms. The molecule has 0 aliphatic heterocycles. The van der Waals surface area contributed by atoms with Gasteiger partial charge in [0.15, 0.2) is 0 Å². The summed E-state index contributed by atoms with van der Waals surface area (Å²) in [5.74, 6) is 1.22. The Labute approximate surface area is 209 Å². The van der Waals surface area contributed by atoms with Crippen molar-refractivity contribution in [1.82, 2.24) is 0 Å². The maximum atomic E-state index is 14.8. The Hall–Kier alpha value is -0.120. The topological polar surface area (TPSA) is 17.1 Å². The van der Waals surface area contributed by atoms with Crippen molar-refractivity contribution < 1.29 is 4.57 Å². The average Bonchev–Trinajstić information content (AvgIpc) is 2.72. The molecule has 0 radical (unpaired) electrons. The van der Waals surface area contributed by atoms with Gasteiger partial charge in [-0.2, -0.15) is 0 Å². The van der Waals surface area contributed by atoms with Gasteiger partial charge in [0.05, 0.1) is 0 Å². The summed E-state index contributed by atoms with van der Waals surface area (Å²) in [5.41, 5.74) is 3.00. The number of rotatable bonds is 14.